The largest absolute Gasteiger partial charge is 0.378 e. The summed E-state index contributed by atoms with van der Waals surface area (Å²) in [5, 5.41) is 2.19. The van der Waals surface area contributed by atoms with Gasteiger partial charge in [-0.1, -0.05) is 18.2 Å². The molecule has 0 spiro atoms. The number of piperazine rings is 1. The van der Waals surface area contributed by atoms with Crippen LogP contribution in [0.15, 0.2) is 28.6 Å². The van der Waals surface area contributed by atoms with Gasteiger partial charge in [-0.05, 0) is 10.9 Å². The number of morpholine rings is 1. The Labute approximate surface area is 209 Å². The number of aliphatic imine (C=N–C) groups is 1. The molecule has 2 aromatic heterocycles. The minimum Gasteiger partial charge on any atom is -0.378 e. The molecule has 2 fully saturated rings. The Morgan fingerprint density at radius 3 is 2.63 bits per heavy atom. The maximum Gasteiger partial charge on any atom is 0.226 e. The molecule has 1 aromatic carbocycles. The number of aromatic nitrogens is 2. The predicted octanol–water partition coefficient (Wildman–Crippen LogP) is 2.20. The lowest BCUT2D eigenvalue weighted by atomic mass is 10.0. The van der Waals surface area contributed by atoms with Gasteiger partial charge in [0.05, 0.1) is 41.9 Å². The molecule has 0 saturated carbocycles. The lowest BCUT2D eigenvalue weighted by Gasteiger charge is -2.33. The average Bonchev–Trinajstić information content (AvgIpc) is 3.51. The summed E-state index contributed by atoms with van der Waals surface area (Å²) < 4.78 is 32.0. The first-order valence-corrected chi connectivity index (χ1v) is 14.6. The van der Waals surface area contributed by atoms with Crippen molar-refractivity contribution in [1.29, 1.82) is 0 Å². The Bertz CT molecular complexity index is 1390. The van der Waals surface area contributed by atoms with Gasteiger partial charge in [0, 0.05) is 68.7 Å². The Kier molecular flexibility index (Phi) is 6.05. The number of rotatable bonds is 5. The van der Waals surface area contributed by atoms with Crippen LogP contribution in [0.2, 0.25) is 0 Å². The van der Waals surface area contributed by atoms with E-state index in [1.165, 1.54) is 11.8 Å². The first-order chi connectivity index (χ1) is 17.0. The molecule has 3 aromatic rings. The Hall–Kier alpha value is -2.44. The summed E-state index contributed by atoms with van der Waals surface area (Å²) in [7, 11) is -3.14. The van der Waals surface area contributed by atoms with Crippen LogP contribution in [0.4, 0.5) is 5.95 Å². The number of anilines is 1. The summed E-state index contributed by atoms with van der Waals surface area (Å²) >= 11 is 1.68. The molecule has 0 N–H and O–H groups in total. The van der Waals surface area contributed by atoms with Gasteiger partial charge in [0.1, 0.15) is 0 Å². The number of benzene rings is 1. The van der Waals surface area contributed by atoms with Gasteiger partial charge in [-0.25, -0.2) is 18.4 Å². The smallest absolute Gasteiger partial charge is 0.226 e. The third-order valence-electron chi connectivity index (χ3n) is 6.90. The van der Waals surface area contributed by atoms with Crippen molar-refractivity contribution in [1.82, 2.24) is 19.2 Å². The fraction of sp³-hybridized carbons (Fsp3) is 0.458. The molecular formula is C24H28N6O3S2. The highest BCUT2D eigenvalue weighted by Gasteiger charge is 2.26. The third kappa shape index (κ3) is 4.47. The fourth-order valence-corrected chi connectivity index (χ4v) is 6.79. The Morgan fingerprint density at radius 2 is 1.86 bits per heavy atom. The Balaban J connectivity index is 1.39. The highest BCUT2D eigenvalue weighted by atomic mass is 32.2. The van der Waals surface area contributed by atoms with Crippen LogP contribution in [0.1, 0.15) is 16.7 Å². The van der Waals surface area contributed by atoms with Crippen LogP contribution < -0.4 is 4.90 Å². The number of ether oxygens (including phenoxy) is 1. The average molecular weight is 513 g/mol. The number of hydrogen-bond acceptors (Lipinski definition) is 9. The van der Waals surface area contributed by atoms with Gasteiger partial charge in [0.15, 0.2) is 0 Å². The molecule has 2 saturated heterocycles. The fourth-order valence-electron chi connectivity index (χ4n) is 4.96. The molecule has 0 bridgehead atoms. The summed E-state index contributed by atoms with van der Waals surface area (Å²) in [6.07, 6.45) is 3.24. The second kappa shape index (κ2) is 9.21. The molecule has 0 aliphatic carbocycles. The molecule has 3 aliphatic heterocycles. The molecule has 9 nitrogen and oxygen atoms in total. The minimum atomic E-state index is -3.14. The number of fused-ring (bicyclic) bond motifs is 2. The van der Waals surface area contributed by atoms with Crippen molar-refractivity contribution in [3.63, 3.8) is 0 Å². The zero-order valence-electron chi connectivity index (χ0n) is 19.7. The van der Waals surface area contributed by atoms with Crippen LogP contribution in [0.3, 0.4) is 0 Å². The zero-order valence-corrected chi connectivity index (χ0v) is 21.3. The summed E-state index contributed by atoms with van der Waals surface area (Å²) in [6.45, 7) is 6.80. The van der Waals surface area contributed by atoms with Gasteiger partial charge in [-0.15, -0.1) is 11.3 Å². The van der Waals surface area contributed by atoms with E-state index in [0.717, 1.165) is 58.2 Å². The van der Waals surface area contributed by atoms with Crippen molar-refractivity contribution in [3.05, 3.63) is 40.3 Å². The van der Waals surface area contributed by atoms with Crippen LogP contribution in [0.5, 0.6) is 0 Å². The van der Waals surface area contributed by atoms with Crippen molar-refractivity contribution < 1.29 is 13.2 Å². The highest BCUT2D eigenvalue weighted by Crippen LogP contribution is 2.38. The third-order valence-corrected chi connectivity index (χ3v) is 9.23. The maximum absolute atomic E-state index is 11.9. The minimum absolute atomic E-state index is 0.523. The van der Waals surface area contributed by atoms with E-state index in [0.29, 0.717) is 45.9 Å². The van der Waals surface area contributed by atoms with E-state index in [9.17, 15) is 8.42 Å². The van der Waals surface area contributed by atoms with Gasteiger partial charge in [0.25, 0.3) is 0 Å². The van der Waals surface area contributed by atoms with Gasteiger partial charge in [-0.2, -0.15) is 4.31 Å². The van der Waals surface area contributed by atoms with Gasteiger partial charge in [0.2, 0.25) is 16.0 Å². The summed E-state index contributed by atoms with van der Waals surface area (Å²) in [5.41, 5.74) is 6.58. The SMILES string of the molecule is CS(=O)(=O)N1CCN(Cc2csc3c(-c4cccc5c4C=NC5)nc(N4CCOCC4)nc23)CC1. The zero-order chi connectivity index (χ0) is 24.0. The summed E-state index contributed by atoms with van der Waals surface area (Å²) in [5.74, 6) is 0.741. The van der Waals surface area contributed by atoms with Crippen molar-refractivity contribution in [2.75, 3.05) is 63.6 Å². The topological polar surface area (TPSA) is 91.2 Å². The van der Waals surface area contributed by atoms with E-state index >= 15 is 0 Å². The van der Waals surface area contributed by atoms with Crippen LogP contribution in [0.25, 0.3) is 21.5 Å². The van der Waals surface area contributed by atoms with Crippen LogP contribution in [0, 0.1) is 0 Å². The lowest BCUT2D eigenvalue weighted by Crippen LogP contribution is -2.47. The number of thiophene rings is 1. The van der Waals surface area contributed by atoms with E-state index in [1.54, 1.807) is 15.6 Å². The van der Waals surface area contributed by atoms with Crippen LogP contribution in [-0.2, 0) is 27.8 Å². The van der Waals surface area contributed by atoms with Crippen LogP contribution >= 0.6 is 11.3 Å². The second-order valence-electron chi connectivity index (χ2n) is 9.20. The molecule has 0 unspecified atom stereocenters. The number of nitrogens with zero attached hydrogens (tertiary/aromatic N) is 6. The molecule has 5 heterocycles. The van der Waals surface area contributed by atoms with Crippen molar-refractivity contribution >= 4 is 43.7 Å². The molecule has 35 heavy (non-hydrogen) atoms. The quantitative estimate of drug-likeness (QED) is 0.518. The second-order valence-corrected chi connectivity index (χ2v) is 12.1. The standard InChI is InChI=1S/C24H28N6O3S2/c1-35(31,32)30-7-5-28(6-8-30)15-18-16-34-23-21(18)26-24(29-9-11-33-12-10-29)27-22(23)19-4-2-3-17-13-25-14-20(17)19/h2-4,14,16H,5-13,15H2,1H3. The predicted molar refractivity (Wildman–Crippen MR) is 139 cm³/mol. The summed E-state index contributed by atoms with van der Waals surface area (Å²) in [4.78, 5) is 19.2. The van der Waals surface area contributed by atoms with E-state index < -0.39 is 10.0 Å². The maximum atomic E-state index is 11.9. The van der Waals surface area contributed by atoms with Crippen LogP contribution in [-0.4, -0.2) is 92.5 Å². The van der Waals surface area contributed by atoms with E-state index in [1.807, 2.05) is 6.21 Å². The number of sulfonamides is 1. The van der Waals surface area contributed by atoms with E-state index in [-0.39, 0.29) is 0 Å². The molecular weight excluding hydrogens is 484 g/mol. The lowest BCUT2D eigenvalue weighted by molar-refractivity contribution is 0.122. The first-order valence-electron chi connectivity index (χ1n) is 11.9. The molecule has 0 amide bonds. The monoisotopic (exact) mass is 512 g/mol. The Morgan fingerprint density at radius 1 is 1.06 bits per heavy atom. The normalized spacial score (nSPS) is 19.5. The van der Waals surface area contributed by atoms with Crippen molar-refractivity contribution in [2.45, 2.75) is 13.1 Å². The molecule has 11 heteroatoms. The van der Waals surface area contributed by atoms with Gasteiger partial charge in [-0.3, -0.25) is 9.89 Å². The van der Waals surface area contributed by atoms with Crippen molar-refractivity contribution in [3.8, 4) is 11.3 Å². The molecule has 6 rings (SSSR count). The molecule has 0 radical (unpaired) electrons. The van der Waals surface area contributed by atoms with Gasteiger partial charge < -0.3 is 9.64 Å². The number of hydrogen-bond donors (Lipinski definition) is 0. The summed E-state index contributed by atoms with van der Waals surface area (Å²) in [6, 6.07) is 6.34. The highest BCUT2D eigenvalue weighted by molar-refractivity contribution is 7.88. The van der Waals surface area contributed by atoms with E-state index in [4.69, 9.17) is 14.7 Å². The first kappa shape index (κ1) is 23.0. The molecule has 0 atom stereocenters. The van der Waals surface area contributed by atoms with Gasteiger partial charge >= 0.3 is 0 Å². The van der Waals surface area contributed by atoms with Crippen molar-refractivity contribution in [2.24, 2.45) is 4.99 Å². The van der Waals surface area contributed by atoms with E-state index in [2.05, 4.69) is 38.4 Å². The molecule has 3 aliphatic rings. The molecule has 184 valence electrons.